The third kappa shape index (κ3) is 2.36. The first kappa shape index (κ1) is 12.2. The van der Waals surface area contributed by atoms with Gasteiger partial charge >= 0.3 is 0 Å². The molecular weight excluding hydrogens is 278 g/mol. The summed E-state index contributed by atoms with van der Waals surface area (Å²) in [6, 6.07) is 4.30. The summed E-state index contributed by atoms with van der Waals surface area (Å²) in [4.78, 5) is 4.30. The molecule has 0 aliphatic carbocycles. The summed E-state index contributed by atoms with van der Waals surface area (Å²) in [5.41, 5.74) is 3.60. The summed E-state index contributed by atoms with van der Waals surface area (Å²) in [6.07, 6.45) is 3.78. The molecule has 4 heteroatoms. The van der Waals surface area contributed by atoms with Crippen molar-refractivity contribution in [3.8, 4) is 5.69 Å². The Morgan fingerprint density at radius 1 is 1.29 bits per heavy atom. The number of benzene rings is 1. The highest BCUT2D eigenvalue weighted by Crippen LogP contribution is 2.25. The predicted molar refractivity (Wildman–Crippen MR) is 74.9 cm³/mol. The van der Waals surface area contributed by atoms with E-state index in [1.54, 1.807) is 0 Å². The van der Waals surface area contributed by atoms with Crippen LogP contribution in [0.4, 0.5) is 5.95 Å². The number of nitrogens with one attached hydrogen (secondary N) is 1. The van der Waals surface area contributed by atoms with E-state index in [0.717, 1.165) is 18.2 Å². The van der Waals surface area contributed by atoms with Crippen molar-refractivity contribution < 1.29 is 0 Å². The third-order valence-electron chi connectivity index (χ3n) is 2.68. The molecule has 0 radical (unpaired) electrons. The zero-order valence-electron chi connectivity index (χ0n) is 10.3. The first-order valence-corrected chi connectivity index (χ1v) is 6.47. The Balaban J connectivity index is 2.49. The molecule has 90 valence electrons. The third-order valence-corrected chi connectivity index (χ3v) is 3.93. The van der Waals surface area contributed by atoms with E-state index in [0.29, 0.717) is 0 Å². The van der Waals surface area contributed by atoms with Gasteiger partial charge in [0.1, 0.15) is 0 Å². The van der Waals surface area contributed by atoms with Crippen molar-refractivity contribution in [2.45, 2.75) is 20.8 Å². The Morgan fingerprint density at radius 2 is 1.94 bits per heavy atom. The van der Waals surface area contributed by atoms with Crippen molar-refractivity contribution in [1.82, 2.24) is 9.55 Å². The van der Waals surface area contributed by atoms with Crippen LogP contribution in [-0.4, -0.2) is 16.1 Å². The molecule has 1 heterocycles. The standard InChI is InChI=1S/C13H16BrN3/c1-4-15-13-16-5-6-17(13)11-7-9(2)12(14)10(3)8-11/h5-8H,4H2,1-3H3,(H,15,16). The highest BCUT2D eigenvalue weighted by Gasteiger charge is 2.07. The van der Waals surface area contributed by atoms with E-state index < -0.39 is 0 Å². The highest BCUT2D eigenvalue weighted by molar-refractivity contribution is 9.10. The largest absolute Gasteiger partial charge is 0.356 e. The first-order valence-electron chi connectivity index (χ1n) is 5.67. The average molecular weight is 294 g/mol. The van der Waals surface area contributed by atoms with Crippen LogP contribution in [0.1, 0.15) is 18.1 Å². The topological polar surface area (TPSA) is 29.9 Å². The lowest BCUT2D eigenvalue weighted by Gasteiger charge is -2.11. The van der Waals surface area contributed by atoms with Gasteiger partial charge in [0.2, 0.25) is 5.95 Å². The molecule has 0 aliphatic heterocycles. The Morgan fingerprint density at radius 3 is 2.53 bits per heavy atom. The normalized spacial score (nSPS) is 10.6. The molecule has 0 unspecified atom stereocenters. The van der Waals surface area contributed by atoms with E-state index >= 15 is 0 Å². The van der Waals surface area contributed by atoms with Crippen molar-refractivity contribution >= 4 is 21.9 Å². The van der Waals surface area contributed by atoms with Crippen molar-refractivity contribution in [1.29, 1.82) is 0 Å². The maximum absolute atomic E-state index is 4.30. The average Bonchev–Trinajstić information content (AvgIpc) is 2.74. The fourth-order valence-corrected chi connectivity index (χ4v) is 2.09. The van der Waals surface area contributed by atoms with Crippen LogP contribution in [0, 0.1) is 13.8 Å². The summed E-state index contributed by atoms with van der Waals surface area (Å²) in [5, 5.41) is 3.25. The van der Waals surface area contributed by atoms with Crippen LogP contribution in [0.5, 0.6) is 0 Å². The van der Waals surface area contributed by atoms with Gasteiger partial charge in [-0.3, -0.25) is 4.57 Å². The van der Waals surface area contributed by atoms with Gasteiger partial charge in [-0.25, -0.2) is 4.98 Å². The quantitative estimate of drug-likeness (QED) is 0.935. The van der Waals surface area contributed by atoms with Gasteiger partial charge < -0.3 is 5.32 Å². The second-order valence-electron chi connectivity index (χ2n) is 4.04. The summed E-state index contributed by atoms with van der Waals surface area (Å²) in [5.74, 6) is 0.883. The number of nitrogens with zero attached hydrogens (tertiary/aromatic N) is 2. The summed E-state index contributed by atoms with van der Waals surface area (Å²) in [6.45, 7) is 7.14. The molecule has 0 spiro atoms. The van der Waals surface area contributed by atoms with Gasteiger partial charge in [-0.1, -0.05) is 15.9 Å². The monoisotopic (exact) mass is 293 g/mol. The first-order chi connectivity index (χ1) is 8.13. The molecule has 3 nitrogen and oxygen atoms in total. The molecule has 1 aromatic heterocycles. The number of rotatable bonds is 3. The Hall–Kier alpha value is -1.29. The minimum Gasteiger partial charge on any atom is -0.356 e. The molecule has 2 rings (SSSR count). The van der Waals surface area contributed by atoms with Gasteiger partial charge in [0.15, 0.2) is 0 Å². The molecular formula is C13H16BrN3. The molecule has 0 fully saturated rings. The minimum atomic E-state index is 0.867. The summed E-state index contributed by atoms with van der Waals surface area (Å²) >= 11 is 3.59. The zero-order chi connectivity index (χ0) is 12.4. The van der Waals surface area contributed by atoms with Gasteiger partial charge in [-0.05, 0) is 44.0 Å². The SMILES string of the molecule is CCNc1nccn1-c1cc(C)c(Br)c(C)c1. The number of halogens is 1. The second-order valence-corrected chi connectivity index (χ2v) is 4.84. The molecule has 0 bridgehead atoms. The fraction of sp³-hybridized carbons (Fsp3) is 0.308. The molecule has 0 saturated carbocycles. The molecule has 0 aliphatic rings. The lowest BCUT2D eigenvalue weighted by molar-refractivity contribution is 1.02. The highest BCUT2D eigenvalue weighted by atomic mass is 79.9. The molecule has 0 atom stereocenters. The Bertz CT molecular complexity index is 508. The maximum atomic E-state index is 4.30. The van der Waals surface area contributed by atoms with E-state index in [4.69, 9.17) is 0 Å². The summed E-state index contributed by atoms with van der Waals surface area (Å²) < 4.78 is 3.24. The van der Waals surface area contributed by atoms with E-state index in [9.17, 15) is 0 Å². The number of aromatic nitrogens is 2. The van der Waals surface area contributed by atoms with Gasteiger partial charge in [0, 0.05) is 29.1 Å². The number of aryl methyl sites for hydroxylation is 2. The Kier molecular flexibility index (Phi) is 3.52. The van der Waals surface area contributed by atoms with Crippen LogP contribution in [0.15, 0.2) is 29.0 Å². The van der Waals surface area contributed by atoms with Crippen LogP contribution in [0.3, 0.4) is 0 Å². The smallest absolute Gasteiger partial charge is 0.207 e. The van der Waals surface area contributed by atoms with E-state index in [2.05, 4.69) is 63.7 Å². The molecule has 1 aromatic carbocycles. The lowest BCUT2D eigenvalue weighted by atomic mass is 10.1. The van der Waals surface area contributed by atoms with Gasteiger partial charge in [0.25, 0.3) is 0 Å². The molecule has 0 saturated heterocycles. The predicted octanol–water partition coefficient (Wildman–Crippen LogP) is 3.68. The molecule has 0 amide bonds. The maximum Gasteiger partial charge on any atom is 0.207 e. The minimum absolute atomic E-state index is 0.867. The van der Waals surface area contributed by atoms with Gasteiger partial charge in [-0.2, -0.15) is 0 Å². The number of anilines is 1. The van der Waals surface area contributed by atoms with E-state index in [1.807, 2.05) is 12.4 Å². The van der Waals surface area contributed by atoms with Crippen molar-refractivity contribution in [3.63, 3.8) is 0 Å². The van der Waals surface area contributed by atoms with E-state index in [1.165, 1.54) is 15.6 Å². The van der Waals surface area contributed by atoms with Gasteiger partial charge in [-0.15, -0.1) is 0 Å². The molecule has 17 heavy (non-hydrogen) atoms. The van der Waals surface area contributed by atoms with Crippen LogP contribution in [0.25, 0.3) is 5.69 Å². The zero-order valence-corrected chi connectivity index (χ0v) is 11.9. The van der Waals surface area contributed by atoms with Gasteiger partial charge in [0.05, 0.1) is 0 Å². The van der Waals surface area contributed by atoms with Crippen molar-refractivity contribution in [2.75, 3.05) is 11.9 Å². The number of hydrogen-bond donors (Lipinski definition) is 1. The van der Waals surface area contributed by atoms with Crippen LogP contribution >= 0.6 is 15.9 Å². The second kappa shape index (κ2) is 4.92. The van der Waals surface area contributed by atoms with Crippen LogP contribution < -0.4 is 5.32 Å². The van der Waals surface area contributed by atoms with Crippen LogP contribution in [0.2, 0.25) is 0 Å². The molecule has 2 aromatic rings. The fourth-order valence-electron chi connectivity index (χ4n) is 1.86. The lowest BCUT2D eigenvalue weighted by Crippen LogP contribution is -2.05. The number of imidazole rings is 1. The van der Waals surface area contributed by atoms with Crippen molar-refractivity contribution in [2.24, 2.45) is 0 Å². The Labute approximate surface area is 110 Å². The van der Waals surface area contributed by atoms with Crippen LogP contribution in [-0.2, 0) is 0 Å². The van der Waals surface area contributed by atoms with Crippen molar-refractivity contribution in [3.05, 3.63) is 40.1 Å². The molecule has 1 N–H and O–H groups in total. The van der Waals surface area contributed by atoms with E-state index in [-0.39, 0.29) is 0 Å². The number of hydrogen-bond acceptors (Lipinski definition) is 2. The summed E-state index contributed by atoms with van der Waals surface area (Å²) in [7, 11) is 0.